The number of rotatable bonds is 2. The lowest BCUT2D eigenvalue weighted by Crippen LogP contribution is -2.65. The smallest absolute Gasteiger partial charge is 0.190 e. The van der Waals surface area contributed by atoms with Gasteiger partial charge in [0.2, 0.25) is 0 Å². The van der Waals surface area contributed by atoms with Gasteiger partial charge in [-0.05, 0) is 48.5 Å². The fourth-order valence-electron chi connectivity index (χ4n) is 5.42. The number of aliphatic hydroxyl groups is 2. The minimum absolute atomic E-state index is 0.399. The van der Waals surface area contributed by atoms with E-state index in [-0.39, 0.29) is 0 Å². The highest BCUT2D eigenvalue weighted by molar-refractivity contribution is 5.06. The maximum Gasteiger partial charge on any atom is 0.190 e. The molecule has 5 heterocycles. The van der Waals surface area contributed by atoms with E-state index >= 15 is 0 Å². The van der Waals surface area contributed by atoms with E-state index in [4.69, 9.17) is 37.9 Å². The molecule has 11 atom stereocenters. The summed E-state index contributed by atoms with van der Waals surface area (Å²) in [7, 11) is 0. The molecular weight excluding hydrogens is 412 g/mol. The summed E-state index contributed by atoms with van der Waals surface area (Å²) < 4.78 is 48.1. The summed E-state index contributed by atoms with van der Waals surface area (Å²) in [5.41, 5.74) is 0. The van der Waals surface area contributed by atoms with Gasteiger partial charge in [0.15, 0.2) is 23.7 Å². The van der Waals surface area contributed by atoms with Crippen molar-refractivity contribution in [1.82, 2.24) is 0 Å². The Morgan fingerprint density at radius 1 is 0.613 bits per heavy atom. The Kier molecular flexibility index (Phi) is 5.09. The molecule has 10 nitrogen and oxygen atoms in total. The van der Waals surface area contributed by atoms with E-state index < -0.39 is 84.7 Å². The average Bonchev–Trinajstić information content (AvgIpc) is 3.25. The molecule has 5 fully saturated rings. The third-order valence-corrected chi connectivity index (χ3v) is 6.54. The molecule has 0 unspecified atom stereocenters. The summed E-state index contributed by atoms with van der Waals surface area (Å²) in [5, 5.41) is 22.4. The van der Waals surface area contributed by atoms with E-state index in [1.165, 1.54) is 0 Å². The van der Waals surface area contributed by atoms with Crippen LogP contribution >= 0.6 is 0 Å². The highest BCUT2D eigenvalue weighted by Gasteiger charge is 2.64. The Balaban J connectivity index is 1.40. The van der Waals surface area contributed by atoms with E-state index in [0.29, 0.717) is 0 Å². The Labute approximate surface area is 182 Å². The van der Waals surface area contributed by atoms with Crippen molar-refractivity contribution >= 4 is 0 Å². The Morgan fingerprint density at radius 3 is 1.81 bits per heavy atom. The van der Waals surface area contributed by atoms with Crippen molar-refractivity contribution in [3.05, 3.63) is 0 Å². The molecule has 0 spiro atoms. The van der Waals surface area contributed by atoms with Gasteiger partial charge >= 0.3 is 0 Å². The fraction of sp³-hybridized carbons (Fsp3) is 1.00. The second-order valence-corrected chi connectivity index (χ2v) is 10.5. The number of aliphatic hydroxyl groups excluding tert-OH is 2. The minimum atomic E-state index is -1.23. The van der Waals surface area contributed by atoms with Crippen LogP contribution in [0.25, 0.3) is 0 Å². The lowest BCUT2D eigenvalue weighted by atomic mass is 9.87. The molecular formula is C21H34O10. The predicted molar refractivity (Wildman–Crippen MR) is 103 cm³/mol. The van der Waals surface area contributed by atoms with E-state index in [0.717, 1.165) is 0 Å². The first-order valence-electron chi connectivity index (χ1n) is 11.0. The first-order valence-corrected chi connectivity index (χ1v) is 11.0. The van der Waals surface area contributed by atoms with Gasteiger partial charge in [-0.2, -0.15) is 0 Å². The standard InChI is InChI=1S/C21H34O10/c1-8-11-14(27-19(2,3)26-11)10(23)12(24-8)9(22)13-15-16(29-20(4,5)28-15)17-18(25-13)31-21(6,7)30-17/h8-18,22-23H,1-7H3/t8-,9+,10+,11+,12-,13+,14-,15-,16-,17+,18+/m0/s1. The Bertz CT molecular complexity index is 710. The van der Waals surface area contributed by atoms with Crippen molar-refractivity contribution in [2.24, 2.45) is 0 Å². The molecule has 5 aliphatic heterocycles. The molecule has 0 radical (unpaired) electrons. The Morgan fingerprint density at radius 2 is 1.13 bits per heavy atom. The topological polar surface area (TPSA) is 114 Å². The molecule has 0 aromatic carbocycles. The minimum Gasteiger partial charge on any atom is -0.387 e. The molecule has 0 aliphatic carbocycles. The predicted octanol–water partition coefficient (Wildman–Crippen LogP) is 0.412. The molecule has 0 amide bonds. The number of hydrogen-bond donors (Lipinski definition) is 2. The van der Waals surface area contributed by atoms with Gasteiger partial charge in [0.1, 0.15) is 54.9 Å². The van der Waals surface area contributed by atoms with Gasteiger partial charge in [-0.1, -0.05) is 0 Å². The molecule has 2 N–H and O–H groups in total. The van der Waals surface area contributed by atoms with Crippen LogP contribution in [0.2, 0.25) is 0 Å². The lowest BCUT2D eigenvalue weighted by Gasteiger charge is -2.45. The fourth-order valence-corrected chi connectivity index (χ4v) is 5.42. The van der Waals surface area contributed by atoms with Crippen LogP contribution in [0.4, 0.5) is 0 Å². The third kappa shape index (κ3) is 3.74. The van der Waals surface area contributed by atoms with Gasteiger partial charge in [-0.25, -0.2) is 0 Å². The van der Waals surface area contributed by atoms with Crippen molar-refractivity contribution in [1.29, 1.82) is 0 Å². The number of ether oxygens (including phenoxy) is 8. The summed E-state index contributed by atoms with van der Waals surface area (Å²) in [6.45, 7) is 12.6. The molecule has 5 rings (SSSR count). The van der Waals surface area contributed by atoms with Gasteiger partial charge in [-0.3, -0.25) is 0 Å². The molecule has 0 saturated carbocycles. The van der Waals surface area contributed by atoms with Crippen LogP contribution in [0.5, 0.6) is 0 Å². The molecule has 0 aromatic heterocycles. The molecule has 5 saturated heterocycles. The van der Waals surface area contributed by atoms with Crippen molar-refractivity contribution in [2.75, 3.05) is 0 Å². The van der Waals surface area contributed by atoms with Crippen LogP contribution in [0.1, 0.15) is 48.5 Å². The van der Waals surface area contributed by atoms with Crippen molar-refractivity contribution in [3.63, 3.8) is 0 Å². The van der Waals surface area contributed by atoms with E-state index in [2.05, 4.69) is 0 Å². The summed E-state index contributed by atoms with van der Waals surface area (Å²) >= 11 is 0. The molecule has 178 valence electrons. The highest BCUT2D eigenvalue weighted by atomic mass is 16.9. The van der Waals surface area contributed by atoms with Gasteiger partial charge < -0.3 is 48.1 Å². The van der Waals surface area contributed by atoms with Crippen LogP contribution < -0.4 is 0 Å². The first kappa shape index (κ1) is 22.4. The molecule has 0 bridgehead atoms. The van der Waals surface area contributed by atoms with Crippen LogP contribution in [-0.2, 0) is 37.9 Å². The van der Waals surface area contributed by atoms with E-state index in [1.807, 2.05) is 6.92 Å². The average molecular weight is 446 g/mol. The van der Waals surface area contributed by atoms with Gasteiger partial charge in [0, 0.05) is 0 Å². The second kappa shape index (κ2) is 7.05. The van der Waals surface area contributed by atoms with Crippen LogP contribution in [0.15, 0.2) is 0 Å². The quantitative estimate of drug-likeness (QED) is 0.618. The monoisotopic (exact) mass is 446 g/mol. The largest absolute Gasteiger partial charge is 0.387 e. The van der Waals surface area contributed by atoms with Crippen molar-refractivity contribution in [2.45, 2.75) is 133 Å². The van der Waals surface area contributed by atoms with Gasteiger partial charge in [0.05, 0.1) is 6.10 Å². The highest BCUT2D eigenvalue weighted by Crippen LogP contribution is 2.46. The molecule has 0 aromatic rings. The lowest BCUT2D eigenvalue weighted by molar-refractivity contribution is -0.283. The van der Waals surface area contributed by atoms with Crippen LogP contribution in [-0.4, -0.2) is 94.9 Å². The summed E-state index contributed by atoms with van der Waals surface area (Å²) in [6.07, 6.45) is -8.05. The summed E-state index contributed by atoms with van der Waals surface area (Å²) in [4.78, 5) is 0. The van der Waals surface area contributed by atoms with E-state index in [1.54, 1.807) is 41.5 Å². The molecule has 5 aliphatic rings. The summed E-state index contributed by atoms with van der Waals surface area (Å²) in [6, 6.07) is 0. The second-order valence-electron chi connectivity index (χ2n) is 10.5. The van der Waals surface area contributed by atoms with Crippen molar-refractivity contribution < 1.29 is 48.1 Å². The first-order chi connectivity index (χ1) is 14.3. The number of hydrogen-bond acceptors (Lipinski definition) is 10. The number of fused-ring (bicyclic) bond motifs is 4. The zero-order valence-electron chi connectivity index (χ0n) is 19.0. The van der Waals surface area contributed by atoms with Crippen molar-refractivity contribution in [3.8, 4) is 0 Å². The molecule has 10 heteroatoms. The maximum atomic E-state index is 11.4. The molecule has 31 heavy (non-hydrogen) atoms. The summed E-state index contributed by atoms with van der Waals surface area (Å²) in [5.74, 6) is -2.60. The third-order valence-electron chi connectivity index (χ3n) is 6.54. The van der Waals surface area contributed by atoms with Crippen LogP contribution in [0.3, 0.4) is 0 Å². The van der Waals surface area contributed by atoms with Gasteiger partial charge in [-0.15, -0.1) is 0 Å². The van der Waals surface area contributed by atoms with E-state index in [9.17, 15) is 10.2 Å². The maximum absolute atomic E-state index is 11.4. The SMILES string of the molecule is C[C@@H]1O[C@@H]([C@@H](O)[C@H]2O[C@@H]3OC(C)(C)O[C@@H]3[C@H]3OC(C)(C)O[C@H]32)[C@@H](O)[C@@H]2OC(C)(C)O[C@@H]21. The van der Waals surface area contributed by atoms with Crippen LogP contribution in [0, 0.1) is 0 Å². The normalized spacial score (nSPS) is 52.9. The zero-order valence-corrected chi connectivity index (χ0v) is 19.0. The zero-order chi connectivity index (χ0) is 22.5. The van der Waals surface area contributed by atoms with Gasteiger partial charge in [0.25, 0.3) is 0 Å². The Hall–Kier alpha value is -0.400.